The van der Waals surface area contributed by atoms with Crippen molar-refractivity contribution in [2.45, 2.75) is 3.92 Å². The fourth-order valence-electron chi connectivity index (χ4n) is 1.80. The molecular weight excluding hydrogens is 371 g/mol. The second kappa shape index (κ2) is 6.12. The number of nitrogens with two attached hydrogens (primary N) is 2. The Morgan fingerprint density at radius 1 is 1.15 bits per heavy atom. The van der Waals surface area contributed by atoms with E-state index < -0.39 is 0 Å². The predicted molar refractivity (Wildman–Crippen MR) is 86.3 cm³/mol. The summed E-state index contributed by atoms with van der Waals surface area (Å²) in [5, 5.41) is 0. The molecule has 0 fully saturated rings. The lowest BCUT2D eigenvalue weighted by Crippen LogP contribution is -2.05. The Morgan fingerprint density at radius 2 is 1.85 bits per heavy atom. The number of rotatable bonds is 4. The summed E-state index contributed by atoms with van der Waals surface area (Å²) in [7, 11) is 3.20. The quantitative estimate of drug-likeness (QED) is 0.618. The van der Waals surface area contributed by atoms with Gasteiger partial charge in [0.15, 0.2) is 11.5 Å². The van der Waals surface area contributed by atoms with Crippen molar-refractivity contribution in [2.24, 2.45) is 0 Å². The van der Waals surface area contributed by atoms with E-state index in [1.165, 1.54) is 0 Å². The number of ether oxygens (including phenoxy) is 2. The molecule has 0 aliphatic carbocycles. The molecule has 20 heavy (non-hydrogen) atoms. The van der Waals surface area contributed by atoms with Crippen LogP contribution in [0.25, 0.3) is 0 Å². The standard InChI is InChI=1S/C13H15IN4O2/c1-19-9-4-3-7(5-10(9)20-2)11(14)8-6-17-13(16)18-12(8)15/h3-6,11H,1-2H3,(H4,15,16,17,18). The van der Waals surface area contributed by atoms with Gasteiger partial charge in [-0.25, -0.2) is 4.98 Å². The highest BCUT2D eigenvalue weighted by molar-refractivity contribution is 14.1. The van der Waals surface area contributed by atoms with E-state index >= 15 is 0 Å². The average Bonchev–Trinajstić information content (AvgIpc) is 2.45. The van der Waals surface area contributed by atoms with Crippen molar-refractivity contribution >= 4 is 34.4 Å². The Balaban J connectivity index is 2.40. The summed E-state index contributed by atoms with van der Waals surface area (Å²) in [5.41, 5.74) is 13.2. The van der Waals surface area contributed by atoms with E-state index in [4.69, 9.17) is 20.9 Å². The molecule has 0 radical (unpaired) electrons. The lowest BCUT2D eigenvalue weighted by Gasteiger charge is -2.15. The van der Waals surface area contributed by atoms with Crippen LogP contribution in [0.3, 0.4) is 0 Å². The summed E-state index contributed by atoms with van der Waals surface area (Å²) < 4.78 is 10.5. The average molecular weight is 386 g/mol. The SMILES string of the molecule is COc1ccc(C(I)c2cnc(N)nc2N)cc1OC. The number of nitrogen functional groups attached to an aromatic ring is 2. The molecule has 0 saturated heterocycles. The van der Waals surface area contributed by atoms with Crippen molar-refractivity contribution < 1.29 is 9.47 Å². The van der Waals surface area contributed by atoms with Crippen LogP contribution in [0.1, 0.15) is 15.1 Å². The second-order valence-electron chi connectivity index (χ2n) is 4.05. The van der Waals surface area contributed by atoms with Gasteiger partial charge in [-0.2, -0.15) is 4.98 Å². The smallest absolute Gasteiger partial charge is 0.221 e. The van der Waals surface area contributed by atoms with E-state index in [-0.39, 0.29) is 9.87 Å². The van der Waals surface area contributed by atoms with Gasteiger partial charge in [0.2, 0.25) is 5.95 Å². The molecule has 7 heteroatoms. The Bertz CT molecular complexity index is 621. The number of nitrogens with zero attached hydrogens (tertiary/aromatic N) is 2. The molecule has 1 atom stereocenters. The molecular formula is C13H15IN4O2. The third-order valence-corrected chi connectivity index (χ3v) is 4.23. The van der Waals surface area contributed by atoms with Crippen LogP contribution in [0.2, 0.25) is 0 Å². The summed E-state index contributed by atoms with van der Waals surface area (Å²) in [5.74, 6) is 1.90. The summed E-state index contributed by atoms with van der Waals surface area (Å²) in [4.78, 5) is 7.97. The summed E-state index contributed by atoms with van der Waals surface area (Å²) in [6.07, 6.45) is 1.64. The van der Waals surface area contributed by atoms with E-state index in [1.807, 2.05) is 18.2 Å². The first-order chi connectivity index (χ1) is 9.56. The van der Waals surface area contributed by atoms with Crippen molar-refractivity contribution in [2.75, 3.05) is 25.7 Å². The Morgan fingerprint density at radius 3 is 2.45 bits per heavy atom. The molecule has 2 rings (SSSR count). The zero-order valence-corrected chi connectivity index (χ0v) is 13.3. The van der Waals surface area contributed by atoms with Crippen molar-refractivity contribution in [3.8, 4) is 11.5 Å². The van der Waals surface area contributed by atoms with Gasteiger partial charge in [-0.05, 0) is 17.7 Å². The normalized spacial score (nSPS) is 11.9. The molecule has 0 bridgehead atoms. The van der Waals surface area contributed by atoms with Gasteiger partial charge >= 0.3 is 0 Å². The second-order valence-corrected chi connectivity index (χ2v) is 5.29. The number of methoxy groups -OCH3 is 2. The molecule has 1 aromatic heterocycles. The fourth-order valence-corrected chi connectivity index (χ4v) is 2.67. The molecule has 1 unspecified atom stereocenters. The van der Waals surface area contributed by atoms with E-state index in [0.717, 1.165) is 11.1 Å². The minimum absolute atomic E-state index is 0.00648. The number of alkyl halides is 1. The van der Waals surface area contributed by atoms with Crippen LogP contribution in [0.15, 0.2) is 24.4 Å². The molecule has 1 aromatic carbocycles. The summed E-state index contributed by atoms with van der Waals surface area (Å²) >= 11 is 2.27. The van der Waals surface area contributed by atoms with Gasteiger partial charge in [-0.3, -0.25) is 0 Å². The monoisotopic (exact) mass is 386 g/mol. The number of hydrogen-bond acceptors (Lipinski definition) is 6. The molecule has 4 N–H and O–H groups in total. The predicted octanol–water partition coefficient (Wildman–Crippen LogP) is 2.18. The van der Waals surface area contributed by atoms with E-state index in [0.29, 0.717) is 17.3 Å². The van der Waals surface area contributed by atoms with E-state index in [2.05, 4.69) is 32.6 Å². The highest BCUT2D eigenvalue weighted by atomic mass is 127. The van der Waals surface area contributed by atoms with Gasteiger partial charge in [0.25, 0.3) is 0 Å². The van der Waals surface area contributed by atoms with E-state index in [1.54, 1.807) is 20.4 Å². The molecule has 0 aliphatic rings. The van der Waals surface area contributed by atoms with Crippen molar-refractivity contribution in [3.05, 3.63) is 35.5 Å². The molecule has 0 amide bonds. The van der Waals surface area contributed by atoms with Gasteiger partial charge in [-0.1, -0.05) is 28.7 Å². The molecule has 0 saturated carbocycles. The van der Waals surface area contributed by atoms with Gasteiger partial charge < -0.3 is 20.9 Å². The Kier molecular flexibility index (Phi) is 4.48. The third kappa shape index (κ3) is 2.87. The molecule has 6 nitrogen and oxygen atoms in total. The van der Waals surface area contributed by atoms with Gasteiger partial charge in [0, 0.05) is 11.8 Å². The highest BCUT2D eigenvalue weighted by Crippen LogP contribution is 2.38. The maximum Gasteiger partial charge on any atom is 0.221 e. The summed E-state index contributed by atoms with van der Waals surface area (Å²) in [6.45, 7) is 0. The number of benzene rings is 1. The number of halogens is 1. The first-order valence-corrected chi connectivity index (χ1v) is 7.05. The van der Waals surface area contributed by atoms with Crippen LogP contribution in [0.5, 0.6) is 11.5 Å². The zero-order chi connectivity index (χ0) is 14.7. The molecule has 1 heterocycles. The van der Waals surface area contributed by atoms with Crippen molar-refractivity contribution in [1.82, 2.24) is 9.97 Å². The topological polar surface area (TPSA) is 96.3 Å². The highest BCUT2D eigenvalue weighted by Gasteiger charge is 2.17. The number of anilines is 2. The van der Waals surface area contributed by atoms with Gasteiger partial charge in [0.1, 0.15) is 5.82 Å². The van der Waals surface area contributed by atoms with Crippen LogP contribution in [0.4, 0.5) is 11.8 Å². The van der Waals surface area contributed by atoms with Crippen LogP contribution < -0.4 is 20.9 Å². The molecule has 0 spiro atoms. The van der Waals surface area contributed by atoms with Crippen molar-refractivity contribution in [3.63, 3.8) is 0 Å². The maximum absolute atomic E-state index is 5.89. The van der Waals surface area contributed by atoms with Crippen LogP contribution in [-0.4, -0.2) is 24.2 Å². The van der Waals surface area contributed by atoms with Crippen LogP contribution in [-0.2, 0) is 0 Å². The van der Waals surface area contributed by atoms with Crippen LogP contribution in [0, 0.1) is 0 Å². The molecule has 2 aromatic rings. The Labute approximate surface area is 130 Å². The first-order valence-electron chi connectivity index (χ1n) is 5.80. The lowest BCUT2D eigenvalue weighted by molar-refractivity contribution is 0.354. The Hall–Kier alpha value is -1.77. The summed E-state index contributed by atoms with van der Waals surface area (Å²) in [6, 6.07) is 5.72. The van der Waals surface area contributed by atoms with Crippen molar-refractivity contribution in [1.29, 1.82) is 0 Å². The van der Waals surface area contributed by atoms with Gasteiger partial charge in [-0.15, -0.1) is 0 Å². The lowest BCUT2D eigenvalue weighted by atomic mass is 10.1. The number of aromatic nitrogens is 2. The maximum atomic E-state index is 5.89. The zero-order valence-electron chi connectivity index (χ0n) is 11.1. The molecule has 0 aliphatic heterocycles. The first kappa shape index (κ1) is 14.6. The third-order valence-electron chi connectivity index (χ3n) is 2.84. The molecule has 106 valence electrons. The minimum atomic E-state index is -0.00648. The fraction of sp³-hybridized carbons (Fsp3) is 0.231. The van der Waals surface area contributed by atoms with Gasteiger partial charge in [0.05, 0.1) is 18.1 Å². The van der Waals surface area contributed by atoms with E-state index in [9.17, 15) is 0 Å². The minimum Gasteiger partial charge on any atom is -0.493 e. The largest absolute Gasteiger partial charge is 0.493 e. The number of hydrogen-bond donors (Lipinski definition) is 2. The van der Waals surface area contributed by atoms with Crippen LogP contribution >= 0.6 is 22.6 Å².